The van der Waals surface area contributed by atoms with Crippen LogP contribution < -0.4 is 26.2 Å². The van der Waals surface area contributed by atoms with Crippen LogP contribution in [-0.4, -0.2) is 6.71 Å². The molecule has 2 aromatic heterocycles. The first-order chi connectivity index (χ1) is 21.3. The van der Waals surface area contributed by atoms with Crippen LogP contribution in [0, 0.1) is 0 Å². The van der Waals surface area contributed by atoms with Crippen LogP contribution in [0.2, 0.25) is 0 Å². The summed E-state index contributed by atoms with van der Waals surface area (Å²) >= 11 is 0. The summed E-state index contributed by atoms with van der Waals surface area (Å²) in [6, 6.07) is 49.2. The molecule has 2 aliphatic rings. The molecule has 200 valence electrons. The second-order valence-corrected chi connectivity index (χ2v) is 11.3. The number of nitrogens with zero attached hydrogens (tertiary/aromatic N) is 2. The van der Waals surface area contributed by atoms with Crippen LogP contribution >= 0.6 is 0 Å². The summed E-state index contributed by atoms with van der Waals surface area (Å²) in [5, 5.41) is 3.25. The summed E-state index contributed by atoms with van der Waals surface area (Å²) < 4.78 is 13.3. The molecular weight excluding hydrogens is 527 g/mol. The van der Waals surface area contributed by atoms with Gasteiger partial charge in [0.15, 0.2) is 0 Å². The van der Waals surface area contributed by atoms with Crippen LogP contribution in [0.5, 0.6) is 0 Å². The van der Waals surface area contributed by atoms with Crippen LogP contribution in [0.1, 0.15) is 0 Å². The van der Waals surface area contributed by atoms with Crippen LogP contribution in [0.15, 0.2) is 148 Å². The third-order valence-electron chi connectivity index (χ3n) is 9.05. The highest BCUT2D eigenvalue weighted by Gasteiger charge is 2.45. The van der Waals surface area contributed by atoms with Gasteiger partial charge in [0.25, 0.3) is 6.71 Å². The smallest absolute Gasteiger partial charge is 0.257 e. The van der Waals surface area contributed by atoms with Gasteiger partial charge < -0.3 is 13.7 Å². The topological polar surface area (TPSA) is 32.8 Å². The standard InChI is InChI=1S/C38H23BN2O2/c1-3-12-24(13-4-1)40-30-18-9-8-17-29(30)39-36-28-23-34-27(26-16-7-10-21-33(26)42-34)22-35(28)43-38(36)41(25-14-5-2-6-15-25)32-20-11-19-31(40)37(32)39/h1-23H. The monoisotopic (exact) mass is 550 g/mol. The molecule has 0 bridgehead atoms. The summed E-state index contributed by atoms with van der Waals surface area (Å²) in [6.45, 7) is -0.0135. The van der Waals surface area contributed by atoms with E-state index in [0.29, 0.717) is 0 Å². The third kappa shape index (κ3) is 3.06. The number of hydrogen-bond acceptors (Lipinski definition) is 4. The van der Waals surface area contributed by atoms with Gasteiger partial charge in [-0.15, -0.1) is 0 Å². The molecular formula is C38H23BN2O2. The lowest BCUT2D eigenvalue weighted by Crippen LogP contribution is -2.61. The number of fused-ring (bicyclic) bond motifs is 9. The Hall–Kier alpha value is -5.68. The first-order valence-electron chi connectivity index (χ1n) is 14.6. The molecule has 5 heteroatoms. The zero-order valence-corrected chi connectivity index (χ0v) is 23.1. The van der Waals surface area contributed by atoms with Crippen molar-refractivity contribution in [1.29, 1.82) is 0 Å². The molecule has 0 amide bonds. The van der Waals surface area contributed by atoms with Crippen molar-refractivity contribution in [2.75, 3.05) is 9.80 Å². The summed E-state index contributed by atoms with van der Waals surface area (Å²) in [6.07, 6.45) is 0. The van der Waals surface area contributed by atoms with E-state index in [0.717, 1.165) is 55.9 Å². The average molecular weight is 550 g/mol. The summed E-state index contributed by atoms with van der Waals surface area (Å²) in [5.41, 5.74) is 12.0. The Morgan fingerprint density at radius 1 is 0.419 bits per heavy atom. The maximum Gasteiger partial charge on any atom is 0.257 e. The second-order valence-electron chi connectivity index (χ2n) is 11.3. The van der Waals surface area contributed by atoms with E-state index in [9.17, 15) is 0 Å². The van der Waals surface area contributed by atoms with Crippen LogP contribution in [0.3, 0.4) is 0 Å². The van der Waals surface area contributed by atoms with Gasteiger partial charge in [-0.3, -0.25) is 4.90 Å². The fraction of sp³-hybridized carbons (Fsp3) is 0. The van der Waals surface area contributed by atoms with Crippen molar-refractivity contribution in [1.82, 2.24) is 0 Å². The predicted molar refractivity (Wildman–Crippen MR) is 178 cm³/mol. The van der Waals surface area contributed by atoms with Gasteiger partial charge in [-0.25, -0.2) is 0 Å². The quantitative estimate of drug-likeness (QED) is 0.202. The molecule has 0 aliphatic carbocycles. The fourth-order valence-electron chi connectivity index (χ4n) is 7.31. The second kappa shape index (κ2) is 8.43. The largest absolute Gasteiger partial charge is 0.456 e. The molecule has 4 nitrogen and oxygen atoms in total. The highest BCUT2D eigenvalue weighted by Crippen LogP contribution is 2.46. The number of furan rings is 2. The molecule has 0 N–H and O–H groups in total. The van der Waals surface area contributed by atoms with Crippen molar-refractivity contribution >= 4 is 90.3 Å². The first kappa shape index (κ1) is 22.9. The van der Waals surface area contributed by atoms with Gasteiger partial charge in [-0.2, -0.15) is 0 Å². The van der Waals surface area contributed by atoms with Gasteiger partial charge in [-0.05, 0) is 71.6 Å². The zero-order valence-electron chi connectivity index (χ0n) is 23.1. The van der Waals surface area contributed by atoms with Crippen molar-refractivity contribution in [2.24, 2.45) is 0 Å². The molecule has 8 aromatic rings. The predicted octanol–water partition coefficient (Wildman–Crippen LogP) is 8.41. The lowest BCUT2D eigenvalue weighted by Gasteiger charge is -2.42. The van der Waals surface area contributed by atoms with Crippen LogP contribution in [0.4, 0.5) is 34.3 Å². The lowest BCUT2D eigenvalue weighted by molar-refractivity contribution is 0.622. The molecule has 43 heavy (non-hydrogen) atoms. The Morgan fingerprint density at radius 3 is 1.84 bits per heavy atom. The summed E-state index contributed by atoms with van der Waals surface area (Å²) in [4.78, 5) is 4.69. The van der Waals surface area contributed by atoms with E-state index in [-0.39, 0.29) is 6.71 Å². The first-order valence-corrected chi connectivity index (χ1v) is 14.6. The van der Waals surface area contributed by atoms with E-state index in [1.807, 2.05) is 12.1 Å². The van der Waals surface area contributed by atoms with Crippen molar-refractivity contribution in [3.05, 3.63) is 140 Å². The molecule has 0 spiro atoms. The number of anilines is 6. The van der Waals surface area contributed by atoms with Gasteiger partial charge in [0.05, 0.1) is 0 Å². The normalized spacial score (nSPS) is 13.4. The van der Waals surface area contributed by atoms with Crippen molar-refractivity contribution in [3.8, 4) is 0 Å². The van der Waals surface area contributed by atoms with E-state index in [4.69, 9.17) is 8.83 Å². The lowest BCUT2D eigenvalue weighted by atomic mass is 9.33. The number of hydrogen-bond donors (Lipinski definition) is 0. The van der Waals surface area contributed by atoms with Gasteiger partial charge in [0.2, 0.25) is 5.88 Å². The summed E-state index contributed by atoms with van der Waals surface area (Å²) in [5.74, 6) is 0.857. The zero-order chi connectivity index (χ0) is 28.1. The Balaban J connectivity index is 1.34. The minimum Gasteiger partial charge on any atom is -0.456 e. The Kier molecular flexibility index (Phi) is 4.50. The Labute approximate surface area is 248 Å². The van der Waals surface area contributed by atoms with E-state index in [1.165, 1.54) is 27.8 Å². The van der Waals surface area contributed by atoms with Gasteiger partial charge >= 0.3 is 0 Å². The Bertz CT molecular complexity index is 2380. The van der Waals surface area contributed by atoms with Crippen LogP contribution in [-0.2, 0) is 0 Å². The molecule has 0 atom stereocenters. The van der Waals surface area contributed by atoms with Crippen molar-refractivity contribution in [2.45, 2.75) is 0 Å². The van der Waals surface area contributed by atoms with Crippen LogP contribution in [0.25, 0.3) is 32.9 Å². The highest BCUT2D eigenvalue weighted by molar-refractivity contribution is 7.01. The molecule has 0 saturated heterocycles. The molecule has 0 saturated carbocycles. The minimum atomic E-state index is -0.0135. The maximum atomic E-state index is 6.93. The van der Waals surface area contributed by atoms with Crippen molar-refractivity contribution < 1.29 is 8.83 Å². The number of rotatable bonds is 2. The number of para-hydroxylation sites is 4. The minimum absolute atomic E-state index is 0.0135. The molecule has 0 fully saturated rings. The van der Waals surface area contributed by atoms with Gasteiger partial charge in [0, 0.05) is 50.1 Å². The highest BCUT2D eigenvalue weighted by atomic mass is 16.4. The molecule has 10 rings (SSSR count). The van der Waals surface area contributed by atoms with Gasteiger partial charge in [0.1, 0.15) is 16.7 Å². The summed E-state index contributed by atoms with van der Waals surface area (Å²) in [7, 11) is 0. The third-order valence-corrected chi connectivity index (χ3v) is 9.05. The SMILES string of the molecule is c1ccc(N2c3ccccc3B3c4c2cccc4N(c2ccccc2)c2oc4cc5c(cc4c23)oc2ccccc25)cc1. The van der Waals surface area contributed by atoms with Crippen molar-refractivity contribution in [3.63, 3.8) is 0 Å². The number of benzene rings is 6. The molecule has 6 aromatic carbocycles. The van der Waals surface area contributed by atoms with E-state index in [2.05, 4.69) is 137 Å². The Morgan fingerprint density at radius 2 is 1.02 bits per heavy atom. The average Bonchev–Trinajstić information content (AvgIpc) is 3.62. The van der Waals surface area contributed by atoms with E-state index >= 15 is 0 Å². The molecule has 0 radical (unpaired) electrons. The van der Waals surface area contributed by atoms with Gasteiger partial charge in [-0.1, -0.05) is 78.9 Å². The maximum absolute atomic E-state index is 6.93. The van der Waals surface area contributed by atoms with E-state index in [1.54, 1.807) is 0 Å². The fourth-order valence-corrected chi connectivity index (χ4v) is 7.31. The molecule has 2 aliphatic heterocycles. The molecule has 0 unspecified atom stereocenters. The molecule has 4 heterocycles. The van der Waals surface area contributed by atoms with E-state index < -0.39 is 0 Å².